The molecule has 1 atom stereocenters. The molecule has 4 heteroatoms. The molecule has 1 aromatic rings. The van der Waals surface area contributed by atoms with Gasteiger partial charge in [0.15, 0.2) is 11.5 Å². The largest absolute Gasteiger partial charge is 0.486 e. The molecule has 0 bridgehead atoms. The van der Waals surface area contributed by atoms with Gasteiger partial charge in [-0.3, -0.25) is 0 Å². The van der Waals surface area contributed by atoms with E-state index in [9.17, 15) is 0 Å². The normalized spacial score (nSPS) is 21.6. The molecule has 3 rings (SSSR count). The molecule has 2 heterocycles. The average Bonchev–Trinajstić information content (AvgIpc) is 2.42. The van der Waals surface area contributed by atoms with Gasteiger partial charge in [-0.05, 0) is 24.6 Å². The van der Waals surface area contributed by atoms with E-state index in [1.54, 1.807) is 0 Å². The molecular formula is C15H21NO3. The van der Waals surface area contributed by atoms with Crippen LogP contribution in [0.2, 0.25) is 0 Å². The minimum absolute atomic E-state index is 0.294. The maximum Gasteiger partial charge on any atom is 0.161 e. The number of nitrogens with one attached hydrogen (secondary N) is 1. The van der Waals surface area contributed by atoms with Gasteiger partial charge in [0, 0.05) is 18.0 Å². The lowest BCUT2D eigenvalue weighted by Crippen LogP contribution is -2.47. The van der Waals surface area contributed by atoms with Crippen molar-refractivity contribution < 1.29 is 14.2 Å². The molecule has 104 valence electrons. The van der Waals surface area contributed by atoms with E-state index in [1.165, 1.54) is 5.56 Å². The van der Waals surface area contributed by atoms with Crippen LogP contribution in [-0.4, -0.2) is 33.0 Å². The van der Waals surface area contributed by atoms with Gasteiger partial charge < -0.3 is 19.5 Å². The van der Waals surface area contributed by atoms with Crippen molar-refractivity contribution in [1.82, 2.24) is 5.32 Å². The minimum Gasteiger partial charge on any atom is -0.486 e. The lowest BCUT2D eigenvalue weighted by molar-refractivity contribution is -0.0999. The summed E-state index contributed by atoms with van der Waals surface area (Å²) in [5.74, 6) is 1.71. The zero-order valence-electron chi connectivity index (χ0n) is 11.6. The van der Waals surface area contributed by atoms with Crippen molar-refractivity contribution in [2.75, 3.05) is 33.0 Å². The summed E-state index contributed by atoms with van der Waals surface area (Å²) in [7, 11) is 0. The van der Waals surface area contributed by atoms with Crippen molar-refractivity contribution in [3.63, 3.8) is 0 Å². The standard InChI is InChI=1S/C15H21NO3/c1-11(16-8-15(2)9-17-10-15)12-3-4-13-14(7-12)19-6-5-18-13/h3-4,7,11,16H,5-6,8-10H2,1-2H3. The molecule has 4 nitrogen and oxygen atoms in total. The SMILES string of the molecule is CC(NCC1(C)COC1)c1ccc2c(c1)OCCO2. The first kappa shape index (κ1) is 12.8. The quantitative estimate of drug-likeness (QED) is 0.903. The number of fused-ring (bicyclic) bond motifs is 1. The zero-order chi connectivity index (χ0) is 13.3. The number of hydrogen-bond donors (Lipinski definition) is 1. The van der Waals surface area contributed by atoms with Crippen LogP contribution in [0.25, 0.3) is 0 Å². The molecular weight excluding hydrogens is 242 g/mol. The fraction of sp³-hybridized carbons (Fsp3) is 0.600. The third-order valence-electron chi connectivity index (χ3n) is 3.80. The summed E-state index contributed by atoms with van der Waals surface area (Å²) in [6.45, 7) is 8.38. The molecule has 1 N–H and O–H groups in total. The van der Waals surface area contributed by atoms with Crippen molar-refractivity contribution in [1.29, 1.82) is 0 Å². The van der Waals surface area contributed by atoms with Gasteiger partial charge in [0.1, 0.15) is 13.2 Å². The fourth-order valence-corrected chi connectivity index (χ4v) is 2.40. The van der Waals surface area contributed by atoms with Gasteiger partial charge in [-0.15, -0.1) is 0 Å². The number of benzene rings is 1. The van der Waals surface area contributed by atoms with Gasteiger partial charge in [0.25, 0.3) is 0 Å². The molecule has 0 aliphatic carbocycles. The average molecular weight is 263 g/mol. The molecule has 0 spiro atoms. The van der Waals surface area contributed by atoms with E-state index in [-0.39, 0.29) is 0 Å². The zero-order valence-corrected chi connectivity index (χ0v) is 11.6. The number of ether oxygens (including phenoxy) is 3. The van der Waals surface area contributed by atoms with Crippen molar-refractivity contribution in [2.45, 2.75) is 19.9 Å². The van der Waals surface area contributed by atoms with E-state index < -0.39 is 0 Å². The van der Waals surface area contributed by atoms with Gasteiger partial charge in [-0.25, -0.2) is 0 Å². The molecule has 1 fully saturated rings. The Morgan fingerprint density at radius 3 is 2.63 bits per heavy atom. The Morgan fingerprint density at radius 1 is 1.21 bits per heavy atom. The molecule has 2 aliphatic heterocycles. The highest BCUT2D eigenvalue weighted by Gasteiger charge is 2.33. The maximum atomic E-state index is 5.62. The summed E-state index contributed by atoms with van der Waals surface area (Å²) >= 11 is 0. The Bertz CT molecular complexity index is 457. The third-order valence-corrected chi connectivity index (χ3v) is 3.80. The van der Waals surface area contributed by atoms with Gasteiger partial charge in [0.2, 0.25) is 0 Å². The van der Waals surface area contributed by atoms with Gasteiger partial charge in [0.05, 0.1) is 13.2 Å². The van der Waals surface area contributed by atoms with Crippen molar-refractivity contribution in [3.05, 3.63) is 23.8 Å². The van der Waals surface area contributed by atoms with Crippen LogP contribution in [0.4, 0.5) is 0 Å². The topological polar surface area (TPSA) is 39.7 Å². The van der Waals surface area contributed by atoms with E-state index in [2.05, 4.69) is 31.3 Å². The highest BCUT2D eigenvalue weighted by atomic mass is 16.6. The van der Waals surface area contributed by atoms with Crippen molar-refractivity contribution in [3.8, 4) is 11.5 Å². The smallest absolute Gasteiger partial charge is 0.161 e. The first-order valence-electron chi connectivity index (χ1n) is 6.87. The van der Waals surface area contributed by atoms with Crippen LogP contribution in [0.1, 0.15) is 25.5 Å². The Kier molecular flexibility index (Phi) is 3.37. The molecule has 1 saturated heterocycles. The molecule has 19 heavy (non-hydrogen) atoms. The van der Waals surface area contributed by atoms with Crippen LogP contribution in [0.5, 0.6) is 11.5 Å². The summed E-state index contributed by atoms with van der Waals surface area (Å²) < 4.78 is 16.4. The summed E-state index contributed by atoms with van der Waals surface area (Å²) in [5.41, 5.74) is 1.52. The molecule has 1 aromatic carbocycles. The van der Waals surface area contributed by atoms with Crippen LogP contribution < -0.4 is 14.8 Å². The third kappa shape index (κ3) is 2.69. The van der Waals surface area contributed by atoms with E-state index in [0.29, 0.717) is 24.7 Å². The predicted octanol–water partition coefficient (Wildman–Crippen LogP) is 2.14. The minimum atomic E-state index is 0.294. The van der Waals surface area contributed by atoms with E-state index in [4.69, 9.17) is 14.2 Å². The second kappa shape index (κ2) is 5.02. The van der Waals surface area contributed by atoms with Crippen molar-refractivity contribution >= 4 is 0 Å². The van der Waals surface area contributed by atoms with Crippen molar-refractivity contribution in [2.24, 2.45) is 5.41 Å². The second-order valence-corrected chi connectivity index (χ2v) is 5.81. The summed E-state index contributed by atoms with van der Waals surface area (Å²) in [5, 5.41) is 3.57. The Labute approximate surface area is 114 Å². The lowest BCUT2D eigenvalue weighted by Gasteiger charge is -2.39. The van der Waals surface area contributed by atoms with E-state index >= 15 is 0 Å². The summed E-state index contributed by atoms with van der Waals surface area (Å²) in [4.78, 5) is 0. The molecule has 0 saturated carbocycles. The van der Waals surface area contributed by atoms with Gasteiger partial charge >= 0.3 is 0 Å². The molecule has 0 radical (unpaired) electrons. The van der Waals surface area contributed by atoms with Crippen LogP contribution in [0.3, 0.4) is 0 Å². The summed E-state index contributed by atoms with van der Waals surface area (Å²) in [6.07, 6.45) is 0. The van der Waals surface area contributed by atoms with Gasteiger partial charge in [-0.2, -0.15) is 0 Å². The highest BCUT2D eigenvalue weighted by molar-refractivity contribution is 5.44. The lowest BCUT2D eigenvalue weighted by atomic mass is 9.88. The molecule has 0 amide bonds. The summed E-state index contributed by atoms with van der Waals surface area (Å²) in [6, 6.07) is 6.47. The fourth-order valence-electron chi connectivity index (χ4n) is 2.40. The van der Waals surface area contributed by atoms with E-state index in [0.717, 1.165) is 31.3 Å². The monoisotopic (exact) mass is 263 g/mol. The predicted molar refractivity (Wildman–Crippen MR) is 72.8 cm³/mol. The Hall–Kier alpha value is -1.26. The first-order chi connectivity index (χ1) is 9.16. The van der Waals surface area contributed by atoms with Gasteiger partial charge in [-0.1, -0.05) is 13.0 Å². The van der Waals surface area contributed by atoms with Crippen LogP contribution >= 0.6 is 0 Å². The number of rotatable bonds is 4. The first-order valence-corrected chi connectivity index (χ1v) is 6.87. The number of hydrogen-bond acceptors (Lipinski definition) is 4. The van der Waals surface area contributed by atoms with Crippen LogP contribution in [0, 0.1) is 5.41 Å². The molecule has 2 aliphatic rings. The molecule has 1 unspecified atom stereocenters. The van der Waals surface area contributed by atoms with E-state index in [1.807, 2.05) is 6.07 Å². The second-order valence-electron chi connectivity index (χ2n) is 5.81. The van der Waals surface area contributed by atoms with Crippen LogP contribution in [0.15, 0.2) is 18.2 Å². The highest BCUT2D eigenvalue weighted by Crippen LogP contribution is 2.33. The Morgan fingerprint density at radius 2 is 1.95 bits per heavy atom. The van der Waals surface area contributed by atoms with Crippen LogP contribution in [-0.2, 0) is 4.74 Å². The molecule has 0 aromatic heterocycles. The maximum absolute atomic E-state index is 5.62. The Balaban J connectivity index is 1.64.